The van der Waals surface area contributed by atoms with Crippen LogP contribution in [0, 0.1) is 11.3 Å². The van der Waals surface area contributed by atoms with Crippen LogP contribution in [-0.4, -0.2) is 0 Å². The molecule has 0 bridgehead atoms. The highest BCUT2D eigenvalue weighted by Gasteiger charge is 2.33. The number of hydrogen-bond acceptors (Lipinski definition) is 0. The van der Waals surface area contributed by atoms with Crippen LogP contribution in [-0.2, 0) is 0 Å². The van der Waals surface area contributed by atoms with Crippen LogP contribution in [0.1, 0.15) is 33.1 Å². The summed E-state index contributed by atoms with van der Waals surface area (Å²) in [5.74, 6) is 0.767. The van der Waals surface area contributed by atoms with Crippen molar-refractivity contribution in [3.05, 3.63) is 23.8 Å². The Bertz CT molecular complexity index is 220. The minimum absolute atomic E-state index is 0.527. The fourth-order valence-corrected chi connectivity index (χ4v) is 2.06. The summed E-state index contributed by atoms with van der Waals surface area (Å²) in [5.41, 5.74) is 2.20. The van der Waals surface area contributed by atoms with Gasteiger partial charge in [0.1, 0.15) is 0 Å². The monoisotopic (exact) mass is 148 g/mol. The van der Waals surface area contributed by atoms with Gasteiger partial charge in [0.2, 0.25) is 0 Å². The predicted molar refractivity (Wildman–Crippen MR) is 48.3 cm³/mol. The van der Waals surface area contributed by atoms with Gasteiger partial charge in [-0.1, -0.05) is 37.6 Å². The van der Waals surface area contributed by atoms with Gasteiger partial charge < -0.3 is 0 Å². The Balaban J connectivity index is 2.16. The Morgan fingerprint density at radius 2 is 2.18 bits per heavy atom. The van der Waals surface area contributed by atoms with Crippen LogP contribution in [0.25, 0.3) is 0 Å². The first-order valence-electron chi connectivity index (χ1n) is 4.61. The lowest BCUT2D eigenvalue weighted by Crippen LogP contribution is -2.16. The van der Waals surface area contributed by atoms with E-state index < -0.39 is 0 Å². The molecule has 11 heavy (non-hydrogen) atoms. The maximum atomic E-state index is 2.51. The van der Waals surface area contributed by atoms with Crippen molar-refractivity contribution < 1.29 is 0 Å². The first-order chi connectivity index (χ1) is 5.22. The Labute approximate surface area is 69.0 Å². The lowest BCUT2D eigenvalue weighted by molar-refractivity contribution is 0.445. The molecule has 0 heterocycles. The van der Waals surface area contributed by atoms with Crippen molar-refractivity contribution in [2.75, 3.05) is 0 Å². The van der Waals surface area contributed by atoms with Gasteiger partial charge in [-0.05, 0) is 25.2 Å². The highest BCUT2D eigenvalue weighted by atomic mass is 14.4. The van der Waals surface area contributed by atoms with Crippen LogP contribution in [0.4, 0.5) is 0 Å². The highest BCUT2D eigenvalue weighted by molar-refractivity contribution is 5.30. The van der Waals surface area contributed by atoms with E-state index in [9.17, 15) is 0 Å². The Morgan fingerprint density at radius 3 is 2.45 bits per heavy atom. The summed E-state index contributed by atoms with van der Waals surface area (Å²) in [6, 6.07) is 0. The number of rotatable bonds is 1. The summed E-state index contributed by atoms with van der Waals surface area (Å²) in [5, 5.41) is 0. The molecule has 0 radical (unpaired) electrons. The fourth-order valence-electron chi connectivity index (χ4n) is 2.06. The summed E-state index contributed by atoms with van der Waals surface area (Å²) < 4.78 is 0. The van der Waals surface area contributed by atoms with Gasteiger partial charge in [-0.3, -0.25) is 0 Å². The third kappa shape index (κ3) is 1.05. The fraction of sp³-hybridized carbons (Fsp3) is 0.636. The van der Waals surface area contributed by atoms with Crippen LogP contribution in [0.2, 0.25) is 0 Å². The van der Waals surface area contributed by atoms with Gasteiger partial charge in [0.25, 0.3) is 0 Å². The van der Waals surface area contributed by atoms with Gasteiger partial charge in [-0.2, -0.15) is 0 Å². The highest BCUT2D eigenvalue weighted by Crippen LogP contribution is 2.47. The first-order valence-corrected chi connectivity index (χ1v) is 4.61. The maximum absolute atomic E-state index is 2.51. The molecule has 60 valence electrons. The molecule has 0 nitrogen and oxygen atoms in total. The zero-order valence-electron chi connectivity index (χ0n) is 7.43. The summed E-state index contributed by atoms with van der Waals surface area (Å²) in [6.07, 6.45) is 11.2. The van der Waals surface area contributed by atoms with E-state index in [2.05, 4.69) is 32.1 Å². The van der Waals surface area contributed by atoms with Gasteiger partial charge in [-0.15, -0.1) is 0 Å². The van der Waals surface area contributed by atoms with Gasteiger partial charge in [0, 0.05) is 5.41 Å². The van der Waals surface area contributed by atoms with Gasteiger partial charge >= 0.3 is 0 Å². The summed E-state index contributed by atoms with van der Waals surface area (Å²) in [6.45, 7) is 4.60. The first kappa shape index (κ1) is 7.15. The predicted octanol–water partition coefficient (Wildman–Crippen LogP) is 3.31. The average molecular weight is 148 g/mol. The molecule has 0 N–H and O–H groups in total. The second-order valence-corrected chi connectivity index (χ2v) is 4.21. The molecule has 2 aliphatic rings. The molecule has 0 heteroatoms. The smallest absolute Gasteiger partial charge is 0.0101 e. The SMILES string of the molecule is CC(C)C1=CC2(C=CC2)CC1. The zero-order chi connectivity index (χ0) is 7.90. The van der Waals surface area contributed by atoms with E-state index in [1.54, 1.807) is 5.57 Å². The quantitative estimate of drug-likeness (QED) is 0.500. The van der Waals surface area contributed by atoms with Crippen molar-refractivity contribution in [2.45, 2.75) is 33.1 Å². The van der Waals surface area contributed by atoms with E-state index in [1.807, 2.05) is 0 Å². The molecule has 0 aromatic carbocycles. The molecule has 1 spiro atoms. The summed E-state index contributed by atoms with van der Waals surface area (Å²) in [4.78, 5) is 0. The van der Waals surface area contributed by atoms with E-state index in [-0.39, 0.29) is 0 Å². The molecule has 0 fully saturated rings. The largest absolute Gasteiger partial charge is 0.0865 e. The molecular formula is C11H16. The molecule has 2 aliphatic carbocycles. The molecule has 0 aromatic heterocycles. The normalized spacial score (nSPS) is 34.6. The van der Waals surface area contributed by atoms with Crippen molar-refractivity contribution in [3.8, 4) is 0 Å². The van der Waals surface area contributed by atoms with E-state index in [0.29, 0.717) is 5.41 Å². The molecule has 0 saturated carbocycles. The minimum Gasteiger partial charge on any atom is -0.0865 e. The number of hydrogen-bond donors (Lipinski definition) is 0. The van der Waals surface area contributed by atoms with E-state index in [4.69, 9.17) is 0 Å². The van der Waals surface area contributed by atoms with E-state index in [0.717, 1.165) is 5.92 Å². The molecule has 1 atom stereocenters. The van der Waals surface area contributed by atoms with Gasteiger partial charge in [-0.25, -0.2) is 0 Å². The second kappa shape index (κ2) is 2.23. The molecule has 2 rings (SSSR count). The van der Waals surface area contributed by atoms with E-state index in [1.165, 1.54) is 19.3 Å². The van der Waals surface area contributed by atoms with E-state index >= 15 is 0 Å². The molecule has 0 amide bonds. The Morgan fingerprint density at radius 1 is 1.45 bits per heavy atom. The van der Waals surface area contributed by atoms with Crippen molar-refractivity contribution in [2.24, 2.45) is 11.3 Å². The molecule has 0 aromatic rings. The van der Waals surface area contributed by atoms with Gasteiger partial charge in [0.15, 0.2) is 0 Å². The van der Waals surface area contributed by atoms with Crippen LogP contribution >= 0.6 is 0 Å². The molecule has 1 unspecified atom stereocenters. The Kier molecular flexibility index (Phi) is 1.45. The van der Waals surface area contributed by atoms with Crippen LogP contribution in [0.5, 0.6) is 0 Å². The molecule has 0 aliphatic heterocycles. The maximum Gasteiger partial charge on any atom is 0.0101 e. The third-order valence-electron chi connectivity index (χ3n) is 3.04. The van der Waals surface area contributed by atoms with Gasteiger partial charge in [0.05, 0.1) is 0 Å². The summed E-state index contributed by atoms with van der Waals surface area (Å²) in [7, 11) is 0. The number of allylic oxidation sites excluding steroid dienone is 4. The lowest BCUT2D eigenvalue weighted by Gasteiger charge is -2.28. The molecule has 0 saturated heterocycles. The van der Waals surface area contributed by atoms with Crippen molar-refractivity contribution in [3.63, 3.8) is 0 Å². The standard InChI is InChI=1S/C11H16/c1-9(2)10-4-7-11(8-10)5-3-6-11/h3,5,8-9H,4,6-7H2,1-2H3. The second-order valence-electron chi connectivity index (χ2n) is 4.21. The van der Waals surface area contributed by atoms with Crippen LogP contribution in [0.15, 0.2) is 23.8 Å². The molecular weight excluding hydrogens is 132 g/mol. The van der Waals surface area contributed by atoms with Crippen molar-refractivity contribution in [1.82, 2.24) is 0 Å². The topological polar surface area (TPSA) is 0 Å². The zero-order valence-corrected chi connectivity index (χ0v) is 7.43. The lowest BCUT2D eigenvalue weighted by atomic mass is 9.76. The van der Waals surface area contributed by atoms with Crippen LogP contribution in [0.3, 0.4) is 0 Å². The van der Waals surface area contributed by atoms with Crippen molar-refractivity contribution >= 4 is 0 Å². The summed E-state index contributed by atoms with van der Waals surface area (Å²) >= 11 is 0. The Hall–Kier alpha value is -0.520. The third-order valence-corrected chi connectivity index (χ3v) is 3.04. The van der Waals surface area contributed by atoms with Crippen molar-refractivity contribution in [1.29, 1.82) is 0 Å². The minimum atomic E-state index is 0.527. The van der Waals surface area contributed by atoms with Crippen LogP contribution < -0.4 is 0 Å². The average Bonchev–Trinajstić information content (AvgIpc) is 2.28.